The van der Waals surface area contributed by atoms with Gasteiger partial charge in [0.25, 0.3) is 0 Å². The van der Waals surface area contributed by atoms with Gasteiger partial charge in [-0.2, -0.15) is 5.26 Å². The number of nitrogens with zero attached hydrogens (tertiary/aromatic N) is 5. The Hall–Kier alpha value is -2.71. The fourth-order valence-corrected chi connectivity index (χ4v) is 2.09. The fourth-order valence-electron chi connectivity index (χ4n) is 1.91. The van der Waals surface area contributed by atoms with E-state index >= 15 is 0 Å². The van der Waals surface area contributed by atoms with E-state index in [0.717, 1.165) is 11.3 Å². The number of aromatic nitrogens is 4. The number of nitriles is 1. The highest BCUT2D eigenvalue weighted by atomic mass is 35.5. The molecule has 0 aliphatic carbocycles. The smallest absolute Gasteiger partial charge is 0.191 e. The molecular weight excluding hydrogens is 274 g/mol. The Morgan fingerprint density at radius 3 is 2.80 bits per heavy atom. The van der Waals surface area contributed by atoms with Gasteiger partial charge in [-0.1, -0.05) is 22.9 Å². The van der Waals surface area contributed by atoms with Crippen molar-refractivity contribution in [1.82, 2.24) is 20.0 Å². The summed E-state index contributed by atoms with van der Waals surface area (Å²) in [7, 11) is 0. The summed E-state index contributed by atoms with van der Waals surface area (Å²) in [6.45, 7) is 0. The van der Waals surface area contributed by atoms with Gasteiger partial charge in [0.05, 0.1) is 5.69 Å². The number of halogens is 1. The van der Waals surface area contributed by atoms with Crippen molar-refractivity contribution < 1.29 is 0 Å². The van der Waals surface area contributed by atoms with Gasteiger partial charge in [0, 0.05) is 23.0 Å². The summed E-state index contributed by atoms with van der Waals surface area (Å²) in [5.41, 5.74) is 2.36. The molecule has 0 spiro atoms. The highest BCUT2D eigenvalue weighted by molar-refractivity contribution is 6.30. The first-order valence-corrected chi connectivity index (χ1v) is 6.19. The molecule has 2 aromatic heterocycles. The predicted octanol–water partition coefficient (Wildman–Crippen LogP) is 2.85. The minimum Gasteiger partial charge on any atom is -0.264 e. The second-order valence-electron chi connectivity index (χ2n) is 4.03. The first kappa shape index (κ1) is 12.3. The van der Waals surface area contributed by atoms with E-state index in [-0.39, 0.29) is 5.69 Å². The average Bonchev–Trinajstić information content (AvgIpc) is 2.92. The van der Waals surface area contributed by atoms with Gasteiger partial charge < -0.3 is 0 Å². The summed E-state index contributed by atoms with van der Waals surface area (Å²) in [4.78, 5) is 4.06. The van der Waals surface area contributed by atoms with Crippen LogP contribution in [-0.2, 0) is 0 Å². The standard InChI is InChI=1S/C14H8ClN5/c15-11-4-1-5-12(7-11)20-14(13(8-16)18-19-20)10-3-2-6-17-9-10/h1-7,9H. The van der Waals surface area contributed by atoms with E-state index in [1.165, 1.54) is 0 Å². The second-order valence-corrected chi connectivity index (χ2v) is 4.47. The molecular formula is C14H8ClN5. The zero-order valence-corrected chi connectivity index (χ0v) is 11.0. The molecule has 5 nitrogen and oxygen atoms in total. The van der Waals surface area contributed by atoms with Gasteiger partial charge in [-0.3, -0.25) is 4.98 Å². The predicted molar refractivity (Wildman–Crippen MR) is 74.3 cm³/mol. The van der Waals surface area contributed by atoms with E-state index in [2.05, 4.69) is 15.3 Å². The number of hydrogen-bond acceptors (Lipinski definition) is 4. The van der Waals surface area contributed by atoms with Crippen LogP contribution in [0.25, 0.3) is 16.9 Å². The lowest BCUT2D eigenvalue weighted by molar-refractivity contribution is 0.806. The molecule has 0 fully saturated rings. The Morgan fingerprint density at radius 2 is 2.10 bits per heavy atom. The number of pyridine rings is 1. The van der Waals surface area contributed by atoms with Gasteiger partial charge >= 0.3 is 0 Å². The quantitative estimate of drug-likeness (QED) is 0.724. The summed E-state index contributed by atoms with van der Waals surface area (Å²) in [5, 5.41) is 17.7. The summed E-state index contributed by atoms with van der Waals surface area (Å²) < 4.78 is 1.58. The Morgan fingerprint density at radius 1 is 1.20 bits per heavy atom. The third kappa shape index (κ3) is 2.13. The van der Waals surface area contributed by atoms with Crippen molar-refractivity contribution in [2.24, 2.45) is 0 Å². The molecule has 1 aromatic carbocycles. The molecule has 0 atom stereocenters. The van der Waals surface area contributed by atoms with Crippen LogP contribution in [0.4, 0.5) is 0 Å². The Bertz CT molecular complexity index is 789. The molecule has 0 N–H and O–H groups in total. The van der Waals surface area contributed by atoms with Crippen molar-refractivity contribution in [1.29, 1.82) is 5.26 Å². The minimum atomic E-state index is 0.248. The van der Waals surface area contributed by atoms with Crippen molar-refractivity contribution in [2.45, 2.75) is 0 Å². The maximum Gasteiger partial charge on any atom is 0.191 e. The van der Waals surface area contributed by atoms with Crippen LogP contribution >= 0.6 is 11.6 Å². The molecule has 3 aromatic rings. The highest BCUT2D eigenvalue weighted by Gasteiger charge is 2.16. The lowest BCUT2D eigenvalue weighted by Crippen LogP contribution is -1.99. The molecule has 0 amide bonds. The van der Waals surface area contributed by atoms with Crippen molar-refractivity contribution in [3.8, 4) is 23.0 Å². The van der Waals surface area contributed by atoms with Gasteiger partial charge in [0.15, 0.2) is 5.69 Å². The molecule has 0 unspecified atom stereocenters. The van der Waals surface area contributed by atoms with Crippen molar-refractivity contribution in [2.75, 3.05) is 0 Å². The van der Waals surface area contributed by atoms with Crippen LogP contribution in [0.3, 0.4) is 0 Å². The molecule has 0 radical (unpaired) electrons. The molecule has 96 valence electrons. The van der Waals surface area contributed by atoms with Crippen molar-refractivity contribution in [3.63, 3.8) is 0 Å². The van der Waals surface area contributed by atoms with Crippen molar-refractivity contribution >= 4 is 11.6 Å². The first-order chi connectivity index (χ1) is 9.79. The van der Waals surface area contributed by atoms with Crippen LogP contribution < -0.4 is 0 Å². The normalized spacial score (nSPS) is 10.2. The van der Waals surface area contributed by atoms with Crippen LogP contribution in [-0.4, -0.2) is 20.0 Å². The molecule has 0 aliphatic rings. The van der Waals surface area contributed by atoms with Crippen molar-refractivity contribution in [3.05, 3.63) is 59.5 Å². The van der Waals surface area contributed by atoms with Crippen LogP contribution in [0.2, 0.25) is 5.02 Å². The molecule has 2 heterocycles. The fraction of sp³-hybridized carbons (Fsp3) is 0. The summed E-state index contributed by atoms with van der Waals surface area (Å²) in [6.07, 6.45) is 3.34. The Kier molecular flexibility index (Phi) is 3.15. The largest absolute Gasteiger partial charge is 0.264 e. The third-order valence-electron chi connectivity index (χ3n) is 2.76. The minimum absolute atomic E-state index is 0.248. The van der Waals surface area contributed by atoms with Crippen LogP contribution in [0.15, 0.2) is 48.8 Å². The van der Waals surface area contributed by atoms with Gasteiger partial charge in [-0.05, 0) is 30.3 Å². The maximum absolute atomic E-state index is 9.18. The number of hydrogen-bond donors (Lipinski definition) is 0. The molecule has 0 saturated carbocycles. The molecule has 3 rings (SSSR count). The monoisotopic (exact) mass is 281 g/mol. The van der Waals surface area contributed by atoms with E-state index in [4.69, 9.17) is 11.6 Å². The molecule has 0 bridgehead atoms. The van der Waals surface area contributed by atoms with Crippen LogP contribution in [0.1, 0.15) is 5.69 Å². The summed E-state index contributed by atoms with van der Waals surface area (Å²) in [5.74, 6) is 0. The topological polar surface area (TPSA) is 67.4 Å². The van der Waals surface area contributed by atoms with E-state index in [9.17, 15) is 5.26 Å². The highest BCUT2D eigenvalue weighted by Crippen LogP contribution is 2.25. The van der Waals surface area contributed by atoms with Crippen LogP contribution in [0, 0.1) is 11.3 Å². The molecule has 0 aliphatic heterocycles. The summed E-state index contributed by atoms with van der Waals surface area (Å²) >= 11 is 5.99. The molecule has 0 saturated heterocycles. The zero-order chi connectivity index (χ0) is 13.9. The number of benzene rings is 1. The summed E-state index contributed by atoms with van der Waals surface area (Å²) in [6, 6.07) is 12.9. The van der Waals surface area contributed by atoms with Gasteiger partial charge in [-0.25, -0.2) is 4.68 Å². The Balaban J connectivity index is 2.24. The van der Waals surface area contributed by atoms with Gasteiger partial charge in [-0.15, -0.1) is 5.10 Å². The van der Waals surface area contributed by atoms with E-state index in [1.807, 2.05) is 24.3 Å². The first-order valence-electron chi connectivity index (χ1n) is 5.82. The zero-order valence-electron chi connectivity index (χ0n) is 10.2. The lowest BCUT2D eigenvalue weighted by Gasteiger charge is -2.06. The van der Waals surface area contributed by atoms with Gasteiger partial charge in [0.1, 0.15) is 11.8 Å². The molecule has 6 heteroatoms. The van der Waals surface area contributed by atoms with Gasteiger partial charge in [0.2, 0.25) is 0 Å². The second kappa shape index (κ2) is 5.11. The SMILES string of the molecule is N#Cc1nnn(-c2cccc(Cl)c2)c1-c1cccnc1. The maximum atomic E-state index is 9.18. The third-order valence-corrected chi connectivity index (χ3v) is 3.00. The lowest BCUT2D eigenvalue weighted by atomic mass is 10.1. The van der Waals surface area contributed by atoms with E-state index in [0.29, 0.717) is 10.7 Å². The number of rotatable bonds is 2. The van der Waals surface area contributed by atoms with E-state index < -0.39 is 0 Å². The van der Waals surface area contributed by atoms with Crippen LogP contribution in [0.5, 0.6) is 0 Å². The average molecular weight is 282 g/mol. The molecule has 20 heavy (non-hydrogen) atoms. The Labute approximate surface area is 120 Å². The van der Waals surface area contributed by atoms with E-state index in [1.54, 1.807) is 35.3 Å².